The average molecular weight is 312 g/mol. The smallest absolute Gasteiger partial charge is 0.273 e. The monoisotopic (exact) mass is 312 g/mol. The van der Waals surface area contributed by atoms with Gasteiger partial charge in [0.15, 0.2) is 28.8 Å². The zero-order valence-corrected chi connectivity index (χ0v) is 11.7. The van der Waals surface area contributed by atoms with E-state index in [1.54, 1.807) is 6.92 Å². The van der Waals surface area contributed by atoms with E-state index in [9.17, 15) is 13.6 Å². The van der Waals surface area contributed by atoms with E-state index >= 15 is 0 Å². The van der Waals surface area contributed by atoms with Gasteiger partial charge in [0.2, 0.25) is 0 Å². The normalized spacial score (nSPS) is 12.0. The van der Waals surface area contributed by atoms with E-state index in [-0.39, 0.29) is 24.7 Å². The fraction of sp³-hybridized carbons (Fsp3) is 0.286. The van der Waals surface area contributed by atoms with Crippen LogP contribution in [0.15, 0.2) is 28.8 Å². The first-order valence-corrected chi connectivity index (χ1v) is 6.45. The summed E-state index contributed by atoms with van der Waals surface area (Å²) in [6, 6.07) is 4.20. The molecule has 6 nitrogen and oxygen atoms in total. The number of nitrogens with one attached hydrogen (secondary N) is 1. The Morgan fingerprint density at radius 2 is 2.14 bits per heavy atom. The summed E-state index contributed by atoms with van der Waals surface area (Å²) in [5.74, 6) is -2.61. The van der Waals surface area contributed by atoms with Crippen molar-refractivity contribution in [3.05, 3.63) is 47.4 Å². The molecule has 0 spiro atoms. The summed E-state index contributed by atoms with van der Waals surface area (Å²) in [6.45, 7) is 1.11. The van der Waals surface area contributed by atoms with Crippen molar-refractivity contribution in [3.63, 3.8) is 0 Å². The number of halogens is 2. The van der Waals surface area contributed by atoms with Gasteiger partial charge in [0.1, 0.15) is 6.61 Å². The number of amides is 1. The lowest BCUT2D eigenvalue weighted by atomic mass is 10.3. The van der Waals surface area contributed by atoms with E-state index in [0.29, 0.717) is 0 Å². The molecule has 22 heavy (non-hydrogen) atoms. The fourth-order valence-corrected chi connectivity index (χ4v) is 1.60. The average Bonchev–Trinajstić information content (AvgIpc) is 2.95. The van der Waals surface area contributed by atoms with E-state index in [1.165, 1.54) is 12.1 Å². The summed E-state index contributed by atoms with van der Waals surface area (Å²) < 4.78 is 36.6. The Morgan fingerprint density at radius 3 is 2.77 bits per heavy atom. The van der Waals surface area contributed by atoms with Gasteiger partial charge in [-0.05, 0) is 19.1 Å². The summed E-state index contributed by atoms with van der Waals surface area (Å²) >= 11 is 0. The van der Waals surface area contributed by atoms with Crippen LogP contribution in [0.5, 0.6) is 5.75 Å². The molecule has 2 rings (SSSR count). The van der Waals surface area contributed by atoms with Crippen LogP contribution in [0.4, 0.5) is 8.78 Å². The van der Waals surface area contributed by atoms with Gasteiger partial charge in [0.25, 0.3) is 5.91 Å². The summed E-state index contributed by atoms with van der Waals surface area (Å²) in [6.07, 6.45) is 0. The second kappa shape index (κ2) is 6.99. The molecular formula is C14H14F2N2O4. The van der Waals surface area contributed by atoms with Crippen LogP contribution < -0.4 is 10.1 Å². The van der Waals surface area contributed by atoms with Crippen molar-refractivity contribution in [3.8, 4) is 5.75 Å². The summed E-state index contributed by atoms with van der Waals surface area (Å²) in [5, 5.41) is 14.9. The molecule has 1 aromatic heterocycles. The Bertz CT molecular complexity index is 640. The molecule has 8 heteroatoms. The minimum absolute atomic E-state index is 0.0205. The van der Waals surface area contributed by atoms with E-state index in [1.807, 2.05) is 0 Å². The highest BCUT2D eigenvalue weighted by molar-refractivity contribution is 5.92. The van der Waals surface area contributed by atoms with Crippen LogP contribution in [0, 0.1) is 11.6 Å². The highest BCUT2D eigenvalue weighted by Gasteiger charge is 2.16. The number of carbonyl (C=O) groups excluding carboxylic acids is 1. The minimum Gasteiger partial charge on any atom is -0.479 e. The van der Waals surface area contributed by atoms with Gasteiger partial charge >= 0.3 is 0 Å². The predicted molar refractivity (Wildman–Crippen MR) is 71.2 cm³/mol. The highest BCUT2D eigenvalue weighted by Crippen LogP contribution is 2.22. The van der Waals surface area contributed by atoms with Gasteiger partial charge < -0.3 is 19.7 Å². The van der Waals surface area contributed by atoms with Crippen LogP contribution in [0.3, 0.4) is 0 Å². The molecule has 0 aliphatic rings. The third-order valence-electron chi connectivity index (χ3n) is 2.72. The quantitative estimate of drug-likeness (QED) is 0.847. The maximum absolute atomic E-state index is 13.4. The Hall–Kier alpha value is -2.48. The zero-order valence-electron chi connectivity index (χ0n) is 11.7. The number of aromatic nitrogens is 1. The van der Waals surface area contributed by atoms with E-state index in [4.69, 9.17) is 14.4 Å². The largest absolute Gasteiger partial charge is 0.479 e. The number of hydrogen-bond acceptors (Lipinski definition) is 5. The number of aliphatic hydroxyl groups is 1. The standard InChI is InChI=1S/C14H14F2N2O4/c1-8(6-19)17-14(20)12-5-9(22-18-12)7-21-13-10(15)3-2-4-11(13)16/h2-5,8,19H,6-7H2,1H3,(H,17,20)/t8-/m0/s1. The van der Waals surface area contributed by atoms with Crippen LogP contribution in [0.1, 0.15) is 23.2 Å². The van der Waals surface area contributed by atoms with Crippen molar-refractivity contribution in [2.75, 3.05) is 6.61 Å². The van der Waals surface area contributed by atoms with Crippen molar-refractivity contribution >= 4 is 5.91 Å². The molecule has 118 valence electrons. The number of rotatable bonds is 6. The van der Waals surface area contributed by atoms with Crippen LogP contribution >= 0.6 is 0 Å². The molecular weight excluding hydrogens is 298 g/mol. The zero-order chi connectivity index (χ0) is 16.1. The van der Waals surface area contributed by atoms with Gasteiger partial charge in [-0.25, -0.2) is 8.78 Å². The van der Waals surface area contributed by atoms with Gasteiger partial charge in [0.05, 0.1) is 6.61 Å². The van der Waals surface area contributed by atoms with Gasteiger partial charge in [-0.3, -0.25) is 4.79 Å². The molecule has 1 aromatic carbocycles. The van der Waals surface area contributed by atoms with E-state index in [0.717, 1.165) is 12.1 Å². The molecule has 0 radical (unpaired) electrons. The van der Waals surface area contributed by atoms with E-state index < -0.39 is 29.3 Å². The molecule has 0 saturated heterocycles. The maximum Gasteiger partial charge on any atom is 0.273 e. The molecule has 2 aromatic rings. The van der Waals surface area contributed by atoms with E-state index in [2.05, 4.69) is 10.5 Å². The molecule has 2 N–H and O–H groups in total. The predicted octanol–water partition coefficient (Wildman–Crippen LogP) is 1.64. The third-order valence-corrected chi connectivity index (χ3v) is 2.72. The number of ether oxygens (including phenoxy) is 1. The Kier molecular flexibility index (Phi) is 5.05. The third kappa shape index (κ3) is 3.79. The number of para-hydroxylation sites is 1. The second-order valence-corrected chi connectivity index (χ2v) is 4.58. The second-order valence-electron chi connectivity index (χ2n) is 4.58. The van der Waals surface area contributed by atoms with Gasteiger partial charge in [-0.1, -0.05) is 11.2 Å². The van der Waals surface area contributed by atoms with Gasteiger partial charge in [0, 0.05) is 12.1 Å². The molecule has 0 unspecified atom stereocenters. The topological polar surface area (TPSA) is 84.6 Å². The van der Waals surface area contributed by atoms with Crippen LogP contribution in [0.2, 0.25) is 0 Å². The summed E-state index contributed by atoms with van der Waals surface area (Å²) in [5.41, 5.74) is -0.0205. The van der Waals surface area contributed by atoms with Crippen molar-refractivity contribution in [1.29, 1.82) is 0 Å². The van der Waals surface area contributed by atoms with Crippen LogP contribution in [0.25, 0.3) is 0 Å². The minimum atomic E-state index is -0.839. The Morgan fingerprint density at radius 1 is 1.45 bits per heavy atom. The molecule has 0 aliphatic heterocycles. The number of benzene rings is 1. The van der Waals surface area contributed by atoms with Crippen molar-refractivity contribution < 1.29 is 27.9 Å². The maximum atomic E-state index is 13.4. The summed E-state index contributed by atoms with van der Waals surface area (Å²) in [4.78, 5) is 11.7. The van der Waals surface area contributed by atoms with Crippen molar-refractivity contribution in [2.45, 2.75) is 19.6 Å². The number of nitrogens with zero attached hydrogens (tertiary/aromatic N) is 1. The Balaban J connectivity index is 1.99. The van der Waals surface area contributed by atoms with Gasteiger partial charge in [-0.2, -0.15) is 0 Å². The molecule has 1 amide bonds. The van der Waals surface area contributed by atoms with Gasteiger partial charge in [-0.15, -0.1) is 0 Å². The van der Waals surface area contributed by atoms with Crippen LogP contribution in [-0.2, 0) is 6.61 Å². The Labute approximate surface area is 124 Å². The highest BCUT2D eigenvalue weighted by atomic mass is 19.1. The molecule has 0 saturated carbocycles. The number of carbonyl (C=O) groups is 1. The molecule has 1 heterocycles. The van der Waals surface area contributed by atoms with Crippen LogP contribution in [-0.4, -0.2) is 28.8 Å². The lowest BCUT2D eigenvalue weighted by Gasteiger charge is -2.08. The first kappa shape index (κ1) is 15.9. The first-order chi connectivity index (χ1) is 10.5. The molecule has 0 aliphatic carbocycles. The fourth-order valence-electron chi connectivity index (χ4n) is 1.60. The SMILES string of the molecule is C[C@@H](CO)NC(=O)c1cc(COc2c(F)cccc2F)on1. The van der Waals surface area contributed by atoms with Crippen molar-refractivity contribution in [2.24, 2.45) is 0 Å². The first-order valence-electron chi connectivity index (χ1n) is 6.45. The summed E-state index contributed by atoms with van der Waals surface area (Å²) in [7, 11) is 0. The molecule has 0 fully saturated rings. The lowest BCUT2D eigenvalue weighted by molar-refractivity contribution is 0.0913. The number of hydrogen-bond donors (Lipinski definition) is 2. The number of aliphatic hydroxyl groups excluding tert-OH is 1. The lowest BCUT2D eigenvalue weighted by Crippen LogP contribution is -2.35. The molecule has 0 bridgehead atoms. The molecule has 1 atom stereocenters. The van der Waals surface area contributed by atoms with Crippen molar-refractivity contribution in [1.82, 2.24) is 10.5 Å².